The predicted molar refractivity (Wildman–Crippen MR) is 138 cm³/mol. The Balaban J connectivity index is 1.63. The number of urea groups is 1. The van der Waals surface area contributed by atoms with Crippen LogP contribution in [0.3, 0.4) is 0 Å². The van der Waals surface area contributed by atoms with Crippen LogP contribution in [-0.2, 0) is 9.53 Å². The first-order valence-electron chi connectivity index (χ1n) is 12.6. The number of nitrogens with one attached hydrogen (secondary N) is 2. The number of carbonyl (C=O) groups excluding carboxylic acids is 2. The van der Waals surface area contributed by atoms with Crippen molar-refractivity contribution in [3.05, 3.63) is 53.6 Å². The molecule has 2 fully saturated rings. The SMILES string of the molecule is CCC(CC=O)c1ccc(N(CC2CC2)C2CCOCC2)c(NC(=O)Nc2ccc(C)cc2)c1. The maximum absolute atomic E-state index is 13.0. The van der Waals surface area contributed by atoms with Crippen molar-refractivity contribution in [2.24, 2.45) is 5.92 Å². The molecule has 2 N–H and O–H groups in total. The van der Waals surface area contributed by atoms with Gasteiger partial charge in [0.2, 0.25) is 0 Å². The lowest BCUT2D eigenvalue weighted by Crippen LogP contribution is -2.41. The van der Waals surface area contributed by atoms with Crippen LogP contribution in [0.4, 0.5) is 21.9 Å². The fraction of sp³-hybridized carbons (Fsp3) is 0.500. The highest BCUT2D eigenvalue weighted by molar-refractivity contribution is 6.02. The number of amides is 2. The van der Waals surface area contributed by atoms with Crippen LogP contribution < -0.4 is 15.5 Å². The molecule has 1 saturated heterocycles. The number of nitrogens with zero attached hydrogens (tertiary/aromatic N) is 1. The number of ether oxygens (including phenoxy) is 1. The lowest BCUT2D eigenvalue weighted by Gasteiger charge is -2.37. The van der Waals surface area contributed by atoms with E-state index in [0.717, 1.165) is 79.4 Å². The van der Waals surface area contributed by atoms with E-state index in [-0.39, 0.29) is 11.9 Å². The van der Waals surface area contributed by atoms with Gasteiger partial charge in [0, 0.05) is 37.9 Å². The number of aryl methyl sites for hydroxylation is 1. The quantitative estimate of drug-likeness (QED) is 0.417. The highest BCUT2D eigenvalue weighted by Crippen LogP contribution is 2.38. The zero-order chi connectivity index (χ0) is 23.9. The van der Waals surface area contributed by atoms with Gasteiger partial charge in [-0.15, -0.1) is 0 Å². The summed E-state index contributed by atoms with van der Waals surface area (Å²) in [5.74, 6) is 0.863. The summed E-state index contributed by atoms with van der Waals surface area (Å²) in [6, 6.07) is 14.3. The van der Waals surface area contributed by atoms with Gasteiger partial charge < -0.3 is 25.1 Å². The zero-order valence-corrected chi connectivity index (χ0v) is 20.4. The van der Waals surface area contributed by atoms with E-state index < -0.39 is 0 Å². The third-order valence-corrected chi connectivity index (χ3v) is 7.02. The van der Waals surface area contributed by atoms with Gasteiger partial charge in [-0.2, -0.15) is 0 Å². The van der Waals surface area contributed by atoms with Crippen LogP contribution in [-0.4, -0.2) is 38.1 Å². The summed E-state index contributed by atoms with van der Waals surface area (Å²) in [5, 5.41) is 6.10. The summed E-state index contributed by atoms with van der Waals surface area (Å²) < 4.78 is 5.63. The molecule has 6 nitrogen and oxygen atoms in total. The Kier molecular flexibility index (Phi) is 8.22. The molecule has 182 valence electrons. The second-order valence-corrected chi connectivity index (χ2v) is 9.67. The molecule has 0 aromatic heterocycles. The van der Waals surface area contributed by atoms with Crippen LogP contribution in [0.1, 0.15) is 62.5 Å². The van der Waals surface area contributed by atoms with Gasteiger partial charge in [-0.1, -0.05) is 30.7 Å². The second-order valence-electron chi connectivity index (χ2n) is 9.67. The molecule has 34 heavy (non-hydrogen) atoms. The highest BCUT2D eigenvalue weighted by atomic mass is 16.5. The minimum atomic E-state index is -0.260. The molecule has 1 atom stereocenters. The first-order valence-corrected chi connectivity index (χ1v) is 12.6. The molecule has 1 aliphatic heterocycles. The Bertz CT molecular complexity index is 965. The number of anilines is 3. The van der Waals surface area contributed by atoms with Gasteiger partial charge in [0.25, 0.3) is 0 Å². The molecule has 0 bridgehead atoms. The fourth-order valence-corrected chi connectivity index (χ4v) is 4.75. The molecule has 2 amide bonds. The van der Waals surface area contributed by atoms with Gasteiger partial charge in [0.1, 0.15) is 6.29 Å². The molecule has 1 saturated carbocycles. The van der Waals surface area contributed by atoms with Crippen LogP contribution in [0.2, 0.25) is 0 Å². The maximum Gasteiger partial charge on any atom is 0.323 e. The average molecular weight is 464 g/mol. The van der Waals surface area contributed by atoms with E-state index in [9.17, 15) is 9.59 Å². The van der Waals surface area contributed by atoms with Crippen LogP contribution in [0.15, 0.2) is 42.5 Å². The van der Waals surface area contributed by atoms with Gasteiger partial charge in [-0.05, 0) is 80.7 Å². The normalized spacial score (nSPS) is 17.1. The first kappa shape index (κ1) is 24.3. The van der Waals surface area contributed by atoms with Crippen molar-refractivity contribution in [3.63, 3.8) is 0 Å². The van der Waals surface area contributed by atoms with E-state index in [1.54, 1.807) is 0 Å². The summed E-state index contributed by atoms with van der Waals surface area (Å²) in [6.45, 7) is 6.68. The maximum atomic E-state index is 13.0. The van der Waals surface area contributed by atoms with Crippen molar-refractivity contribution in [1.29, 1.82) is 0 Å². The Morgan fingerprint density at radius 3 is 2.47 bits per heavy atom. The molecule has 2 aromatic rings. The van der Waals surface area contributed by atoms with E-state index in [4.69, 9.17) is 4.74 Å². The Labute approximate surface area is 203 Å². The number of aldehydes is 1. The smallest absolute Gasteiger partial charge is 0.323 e. The van der Waals surface area contributed by atoms with Gasteiger partial charge in [0.05, 0.1) is 11.4 Å². The minimum absolute atomic E-state index is 0.146. The van der Waals surface area contributed by atoms with Crippen molar-refractivity contribution >= 4 is 29.4 Å². The van der Waals surface area contributed by atoms with Crippen LogP contribution in [0.5, 0.6) is 0 Å². The highest BCUT2D eigenvalue weighted by Gasteiger charge is 2.31. The Morgan fingerprint density at radius 2 is 1.82 bits per heavy atom. The molecule has 1 unspecified atom stereocenters. The van der Waals surface area contributed by atoms with E-state index in [2.05, 4.69) is 40.7 Å². The third kappa shape index (κ3) is 6.38. The summed E-state index contributed by atoms with van der Waals surface area (Å²) in [6.07, 6.45) is 6.87. The molecule has 1 aliphatic carbocycles. The fourth-order valence-electron chi connectivity index (χ4n) is 4.75. The molecule has 2 aliphatic rings. The number of carbonyl (C=O) groups is 2. The molecule has 1 heterocycles. The van der Waals surface area contributed by atoms with E-state index >= 15 is 0 Å². The largest absolute Gasteiger partial charge is 0.381 e. The average Bonchev–Trinajstić information content (AvgIpc) is 3.67. The van der Waals surface area contributed by atoms with Crippen molar-refractivity contribution < 1.29 is 14.3 Å². The standard InChI is InChI=1S/C28H37N3O3/c1-3-22(12-15-32)23-8-11-27(31(19-21-6-7-21)25-13-16-34-17-14-25)26(18-23)30-28(33)29-24-9-4-20(2)5-10-24/h4-5,8-11,15,18,21-22,25H,3,6-7,12-14,16-17,19H2,1-2H3,(H2,29,30,33). The van der Waals surface area contributed by atoms with Gasteiger partial charge in [-0.3, -0.25) is 0 Å². The predicted octanol–water partition coefficient (Wildman–Crippen LogP) is 6.12. The van der Waals surface area contributed by atoms with Crippen LogP contribution in [0, 0.1) is 12.8 Å². The van der Waals surface area contributed by atoms with Crippen molar-refractivity contribution in [2.45, 2.75) is 64.3 Å². The van der Waals surface area contributed by atoms with Crippen molar-refractivity contribution in [2.75, 3.05) is 35.3 Å². The molecular weight excluding hydrogens is 426 g/mol. The van der Waals surface area contributed by atoms with Gasteiger partial charge in [0.15, 0.2) is 0 Å². The summed E-state index contributed by atoms with van der Waals surface area (Å²) in [7, 11) is 0. The summed E-state index contributed by atoms with van der Waals surface area (Å²) in [4.78, 5) is 26.8. The molecule has 0 spiro atoms. The summed E-state index contributed by atoms with van der Waals surface area (Å²) in [5.41, 5.74) is 4.85. The molecule has 6 heteroatoms. The topological polar surface area (TPSA) is 70.7 Å². The van der Waals surface area contributed by atoms with E-state index in [1.807, 2.05) is 31.2 Å². The second kappa shape index (κ2) is 11.5. The zero-order valence-electron chi connectivity index (χ0n) is 20.4. The monoisotopic (exact) mass is 463 g/mol. The summed E-state index contributed by atoms with van der Waals surface area (Å²) >= 11 is 0. The number of rotatable bonds is 10. The van der Waals surface area contributed by atoms with E-state index in [0.29, 0.717) is 12.5 Å². The molecular formula is C28H37N3O3. The van der Waals surface area contributed by atoms with Crippen LogP contribution >= 0.6 is 0 Å². The number of hydrogen-bond acceptors (Lipinski definition) is 4. The van der Waals surface area contributed by atoms with Crippen molar-refractivity contribution in [3.8, 4) is 0 Å². The molecule has 4 rings (SSSR count). The van der Waals surface area contributed by atoms with Crippen molar-refractivity contribution in [1.82, 2.24) is 0 Å². The van der Waals surface area contributed by atoms with Gasteiger partial charge >= 0.3 is 6.03 Å². The Hall–Kier alpha value is -2.86. The number of hydrogen-bond donors (Lipinski definition) is 2. The minimum Gasteiger partial charge on any atom is -0.381 e. The van der Waals surface area contributed by atoms with Crippen LogP contribution in [0.25, 0.3) is 0 Å². The number of benzene rings is 2. The first-order chi connectivity index (χ1) is 16.6. The van der Waals surface area contributed by atoms with Gasteiger partial charge in [-0.25, -0.2) is 4.79 Å². The molecule has 0 radical (unpaired) electrons. The molecule has 2 aromatic carbocycles. The lowest BCUT2D eigenvalue weighted by molar-refractivity contribution is -0.108. The lowest BCUT2D eigenvalue weighted by atomic mass is 9.92. The Morgan fingerprint density at radius 1 is 1.09 bits per heavy atom. The van der Waals surface area contributed by atoms with E-state index in [1.165, 1.54) is 12.8 Å². The third-order valence-electron chi connectivity index (χ3n) is 7.02.